The summed E-state index contributed by atoms with van der Waals surface area (Å²) in [5.41, 5.74) is -3.04. The number of ketones is 1. The van der Waals surface area contributed by atoms with Crippen LogP contribution in [-0.2, 0) is 0 Å². The molecule has 2 aromatic carbocycles. The number of hydrogen-bond acceptors (Lipinski definition) is 3. The first-order valence-corrected chi connectivity index (χ1v) is 8.27. The molecule has 3 N–H and O–H groups in total. The molecule has 9 heteroatoms. The van der Waals surface area contributed by atoms with E-state index in [0.29, 0.717) is 0 Å². The summed E-state index contributed by atoms with van der Waals surface area (Å²) >= 11 is 0. The molecule has 148 valence electrons. The summed E-state index contributed by atoms with van der Waals surface area (Å²) in [5.74, 6) is -3.81. The zero-order valence-electron chi connectivity index (χ0n) is 14.5. The third-order valence-electron chi connectivity index (χ3n) is 4.65. The normalized spacial score (nSPS) is 25.0. The number of Topliss-reactive ketones (excluding diaryl/α,β-unsaturated/α-hetero) is 1. The second-order valence-electron chi connectivity index (χ2n) is 6.60. The Labute approximate surface area is 157 Å². The maximum absolute atomic E-state index is 13.7. The number of benzene rings is 2. The number of nitrogens with one attached hydrogen (secondary N) is 2. The maximum atomic E-state index is 13.7. The summed E-state index contributed by atoms with van der Waals surface area (Å²) in [6, 6.07) is 7.21. The summed E-state index contributed by atoms with van der Waals surface area (Å²) in [6.45, 7) is 1.74. The van der Waals surface area contributed by atoms with E-state index >= 15 is 0 Å². The molecule has 1 aliphatic heterocycles. The first-order valence-electron chi connectivity index (χ1n) is 8.27. The Morgan fingerprint density at radius 1 is 1.07 bits per heavy atom. The Bertz CT molecular complexity index is 897. The number of amides is 2. The second-order valence-corrected chi connectivity index (χ2v) is 6.60. The average Bonchev–Trinajstić information content (AvgIpc) is 2.61. The SMILES string of the molecule is Cc1ccc(C(=O)[C@H]2[C@@H](c3ccc(F)cc3)NC(=O)N[C@]2(O)C(F)(F)F)cc1. The highest BCUT2D eigenvalue weighted by molar-refractivity contribution is 6.00. The van der Waals surface area contributed by atoms with Crippen LogP contribution in [0.5, 0.6) is 0 Å². The van der Waals surface area contributed by atoms with Gasteiger partial charge in [-0.15, -0.1) is 0 Å². The highest BCUT2D eigenvalue weighted by atomic mass is 19.4. The largest absolute Gasteiger partial charge is 0.437 e. The van der Waals surface area contributed by atoms with Crippen molar-refractivity contribution in [2.24, 2.45) is 5.92 Å². The molecule has 28 heavy (non-hydrogen) atoms. The van der Waals surface area contributed by atoms with Crippen molar-refractivity contribution in [2.75, 3.05) is 0 Å². The summed E-state index contributed by atoms with van der Waals surface area (Å²) in [4.78, 5) is 24.9. The fourth-order valence-electron chi connectivity index (χ4n) is 3.18. The van der Waals surface area contributed by atoms with E-state index in [1.54, 1.807) is 19.1 Å². The Morgan fingerprint density at radius 2 is 1.64 bits per heavy atom. The fraction of sp³-hybridized carbons (Fsp3) is 0.263. The van der Waals surface area contributed by atoms with Gasteiger partial charge in [0.15, 0.2) is 5.78 Å². The molecule has 3 atom stereocenters. The van der Waals surface area contributed by atoms with Gasteiger partial charge in [-0.3, -0.25) is 4.79 Å². The number of aliphatic hydroxyl groups is 1. The number of carbonyl (C=O) groups excluding carboxylic acids is 2. The number of halogens is 4. The van der Waals surface area contributed by atoms with Gasteiger partial charge >= 0.3 is 12.2 Å². The summed E-state index contributed by atoms with van der Waals surface area (Å²) in [7, 11) is 0. The number of urea groups is 1. The van der Waals surface area contributed by atoms with Gasteiger partial charge in [-0.05, 0) is 24.6 Å². The Kier molecular flexibility index (Phi) is 4.88. The Morgan fingerprint density at radius 3 is 2.18 bits per heavy atom. The monoisotopic (exact) mass is 396 g/mol. The number of carbonyl (C=O) groups is 2. The molecular formula is C19H16F4N2O3. The molecule has 1 fully saturated rings. The highest BCUT2D eigenvalue weighted by Gasteiger charge is 2.66. The van der Waals surface area contributed by atoms with Crippen molar-refractivity contribution in [1.29, 1.82) is 0 Å². The third kappa shape index (κ3) is 3.45. The van der Waals surface area contributed by atoms with Crippen LogP contribution < -0.4 is 10.6 Å². The predicted octanol–water partition coefficient (Wildman–Crippen LogP) is 3.24. The van der Waals surface area contributed by atoms with Crippen molar-refractivity contribution in [2.45, 2.75) is 24.9 Å². The van der Waals surface area contributed by atoms with E-state index in [-0.39, 0.29) is 11.1 Å². The summed E-state index contributed by atoms with van der Waals surface area (Å²) in [5, 5.41) is 14.1. The molecule has 5 nitrogen and oxygen atoms in total. The molecule has 0 bridgehead atoms. The van der Waals surface area contributed by atoms with Crippen LogP contribution in [0.15, 0.2) is 48.5 Å². The van der Waals surface area contributed by atoms with Gasteiger partial charge < -0.3 is 15.7 Å². The molecule has 0 spiro atoms. The average molecular weight is 396 g/mol. The smallest absolute Gasteiger partial charge is 0.363 e. The Hall–Kier alpha value is -2.94. The van der Waals surface area contributed by atoms with Crippen LogP contribution in [0.2, 0.25) is 0 Å². The molecule has 3 rings (SSSR count). The van der Waals surface area contributed by atoms with Crippen molar-refractivity contribution < 1.29 is 32.3 Å². The zero-order valence-corrected chi connectivity index (χ0v) is 14.5. The molecule has 0 aromatic heterocycles. The van der Waals surface area contributed by atoms with Crippen molar-refractivity contribution in [3.63, 3.8) is 0 Å². The van der Waals surface area contributed by atoms with Crippen molar-refractivity contribution in [1.82, 2.24) is 10.6 Å². The van der Waals surface area contributed by atoms with E-state index < -0.39 is 41.5 Å². The fourth-order valence-corrected chi connectivity index (χ4v) is 3.18. The van der Waals surface area contributed by atoms with Crippen LogP contribution >= 0.6 is 0 Å². The van der Waals surface area contributed by atoms with E-state index in [9.17, 15) is 32.3 Å². The minimum absolute atomic E-state index is 0.0457. The Balaban J connectivity index is 2.15. The molecular weight excluding hydrogens is 380 g/mol. The number of hydrogen-bond donors (Lipinski definition) is 3. The molecule has 2 aromatic rings. The van der Waals surface area contributed by atoms with Gasteiger partial charge in [-0.25, -0.2) is 9.18 Å². The molecule has 0 unspecified atom stereocenters. The summed E-state index contributed by atoms with van der Waals surface area (Å²) in [6.07, 6.45) is -5.34. The summed E-state index contributed by atoms with van der Waals surface area (Å²) < 4.78 is 54.4. The lowest BCUT2D eigenvalue weighted by Crippen LogP contribution is -2.72. The lowest BCUT2D eigenvalue weighted by atomic mass is 9.77. The van der Waals surface area contributed by atoms with Gasteiger partial charge in [-0.1, -0.05) is 42.0 Å². The van der Waals surface area contributed by atoms with Crippen molar-refractivity contribution in [3.8, 4) is 0 Å². The lowest BCUT2D eigenvalue weighted by Gasteiger charge is -2.45. The second kappa shape index (κ2) is 6.90. The van der Waals surface area contributed by atoms with Gasteiger partial charge in [0.2, 0.25) is 5.72 Å². The topological polar surface area (TPSA) is 78.4 Å². The highest BCUT2D eigenvalue weighted by Crippen LogP contribution is 2.43. The van der Waals surface area contributed by atoms with E-state index in [2.05, 4.69) is 5.32 Å². The van der Waals surface area contributed by atoms with Crippen LogP contribution in [0.4, 0.5) is 22.4 Å². The molecule has 0 aliphatic carbocycles. The number of rotatable bonds is 3. The lowest BCUT2D eigenvalue weighted by molar-refractivity contribution is -0.287. The van der Waals surface area contributed by atoms with Gasteiger partial charge in [0.1, 0.15) is 11.7 Å². The van der Waals surface area contributed by atoms with Crippen LogP contribution in [0, 0.1) is 18.7 Å². The van der Waals surface area contributed by atoms with Gasteiger partial charge in [0, 0.05) is 5.56 Å². The molecule has 1 saturated heterocycles. The minimum Gasteiger partial charge on any atom is -0.363 e. The molecule has 0 radical (unpaired) electrons. The van der Waals surface area contributed by atoms with E-state index in [1.807, 2.05) is 0 Å². The van der Waals surface area contributed by atoms with Gasteiger partial charge in [0.05, 0.1) is 6.04 Å². The molecule has 1 heterocycles. The van der Waals surface area contributed by atoms with Crippen LogP contribution in [0.25, 0.3) is 0 Å². The number of alkyl halides is 3. The maximum Gasteiger partial charge on any atom is 0.437 e. The van der Waals surface area contributed by atoms with Crippen LogP contribution in [0.3, 0.4) is 0 Å². The van der Waals surface area contributed by atoms with Crippen LogP contribution in [0.1, 0.15) is 27.5 Å². The van der Waals surface area contributed by atoms with Crippen molar-refractivity contribution >= 4 is 11.8 Å². The standard InChI is InChI=1S/C19H16F4N2O3/c1-10-2-4-12(5-3-10)16(26)14-15(11-6-8-13(20)9-7-11)24-17(27)25-18(14,28)19(21,22)23/h2-9,14-15,28H,1H3,(H2,24,25,27)/t14-,15-,18-/m1/s1. The van der Waals surface area contributed by atoms with Crippen molar-refractivity contribution in [3.05, 3.63) is 71.0 Å². The van der Waals surface area contributed by atoms with Crippen LogP contribution in [-0.4, -0.2) is 28.8 Å². The molecule has 1 aliphatic rings. The van der Waals surface area contributed by atoms with E-state index in [4.69, 9.17) is 0 Å². The predicted molar refractivity (Wildman–Crippen MR) is 90.8 cm³/mol. The zero-order chi connectivity index (χ0) is 20.7. The van der Waals surface area contributed by atoms with Gasteiger partial charge in [-0.2, -0.15) is 13.2 Å². The molecule has 0 saturated carbocycles. The van der Waals surface area contributed by atoms with E-state index in [1.165, 1.54) is 17.4 Å². The first kappa shape index (κ1) is 19.8. The van der Waals surface area contributed by atoms with E-state index in [0.717, 1.165) is 29.8 Å². The molecule has 2 amide bonds. The number of aryl methyl sites for hydroxylation is 1. The third-order valence-corrected chi connectivity index (χ3v) is 4.65. The first-order chi connectivity index (χ1) is 13.0. The van der Waals surface area contributed by atoms with Gasteiger partial charge in [0.25, 0.3) is 0 Å². The quantitative estimate of drug-likeness (QED) is 0.551. The minimum atomic E-state index is -5.34.